The molecule has 0 atom stereocenters. The third kappa shape index (κ3) is 4.77. The minimum atomic E-state index is -1.23. The molecule has 27 heavy (non-hydrogen) atoms. The van der Waals surface area contributed by atoms with Gasteiger partial charge in [0.15, 0.2) is 0 Å². The predicted octanol–water partition coefficient (Wildman–Crippen LogP) is 3.69. The van der Waals surface area contributed by atoms with Crippen LogP contribution in [-0.2, 0) is 16.2 Å². The minimum Gasteiger partial charge on any atom is -0.489 e. The number of rotatable bonds is 6. The van der Waals surface area contributed by atoms with E-state index in [1.807, 2.05) is 31.2 Å². The second kappa shape index (κ2) is 8.09. The van der Waals surface area contributed by atoms with Gasteiger partial charge in [-0.2, -0.15) is 0 Å². The van der Waals surface area contributed by atoms with Crippen LogP contribution in [0.3, 0.4) is 0 Å². The Labute approximate surface area is 160 Å². The number of carbonyl (C=O) groups is 3. The molecule has 138 valence electrons. The van der Waals surface area contributed by atoms with E-state index in [-0.39, 0.29) is 4.91 Å². The molecule has 6 nitrogen and oxygen atoms in total. The molecule has 1 aliphatic heterocycles. The van der Waals surface area contributed by atoms with Crippen LogP contribution < -0.4 is 4.74 Å². The first-order valence-electron chi connectivity index (χ1n) is 8.18. The lowest BCUT2D eigenvalue weighted by Gasteiger charge is -2.08. The lowest BCUT2D eigenvalue weighted by atomic mass is 10.1. The Morgan fingerprint density at radius 1 is 1.11 bits per heavy atom. The van der Waals surface area contributed by atoms with E-state index >= 15 is 0 Å². The molecule has 0 saturated carbocycles. The van der Waals surface area contributed by atoms with Crippen molar-refractivity contribution in [3.63, 3.8) is 0 Å². The van der Waals surface area contributed by atoms with Crippen molar-refractivity contribution >= 4 is 35.0 Å². The molecule has 0 aliphatic carbocycles. The second-order valence-corrected chi connectivity index (χ2v) is 7.00. The molecule has 2 amide bonds. The van der Waals surface area contributed by atoms with Gasteiger partial charge >= 0.3 is 5.97 Å². The van der Waals surface area contributed by atoms with Crippen LogP contribution in [0.1, 0.15) is 16.7 Å². The molecule has 7 heteroatoms. The Morgan fingerprint density at radius 2 is 1.78 bits per heavy atom. The first kappa shape index (κ1) is 18.7. The topological polar surface area (TPSA) is 83.9 Å². The quantitative estimate of drug-likeness (QED) is 0.766. The Balaban J connectivity index is 1.64. The summed E-state index contributed by atoms with van der Waals surface area (Å²) in [7, 11) is 0. The molecule has 1 saturated heterocycles. The van der Waals surface area contributed by atoms with Crippen molar-refractivity contribution in [3.05, 3.63) is 70.1 Å². The zero-order valence-corrected chi connectivity index (χ0v) is 15.4. The van der Waals surface area contributed by atoms with Gasteiger partial charge in [-0.05, 0) is 48.0 Å². The van der Waals surface area contributed by atoms with Crippen molar-refractivity contribution in [3.8, 4) is 5.75 Å². The number of aliphatic carboxylic acids is 1. The van der Waals surface area contributed by atoms with Gasteiger partial charge in [0.2, 0.25) is 0 Å². The predicted molar refractivity (Wildman–Crippen MR) is 102 cm³/mol. The Morgan fingerprint density at radius 3 is 2.41 bits per heavy atom. The first-order valence-corrected chi connectivity index (χ1v) is 8.99. The third-order valence-electron chi connectivity index (χ3n) is 3.87. The van der Waals surface area contributed by atoms with Gasteiger partial charge in [-0.15, -0.1) is 0 Å². The minimum absolute atomic E-state index is 0.203. The third-order valence-corrected chi connectivity index (χ3v) is 4.78. The molecule has 0 spiro atoms. The largest absolute Gasteiger partial charge is 0.489 e. The molecule has 0 unspecified atom stereocenters. The van der Waals surface area contributed by atoms with Crippen molar-refractivity contribution in [1.82, 2.24) is 4.90 Å². The zero-order chi connectivity index (χ0) is 19.4. The summed E-state index contributed by atoms with van der Waals surface area (Å²) in [5, 5.41) is 8.20. The number of carboxylic acid groups (broad SMARTS) is 1. The highest BCUT2D eigenvalue weighted by Crippen LogP contribution is 2.32. The highest BCUT2D eigenvalue weighted by molar-refractivity contribution is 8.18. The summed E-state index contributed by atoms with van der Waals surface area (Å²) < 4.78 is 5.74. The molecule has 1 aliphatic rings. The Kier molecular flexibility index (Phi) is 5.61. The van der Waals surface area contributed by atoms with Crippen LogP contribution in [0.25, 0.3) is 6.08 Å². The van der Waals surface area contributed by atoms with Gasteiger partial charge in [0.1, 0.15) is 18.9 Å². The number of amides is 2. The van der Waals surface area contributed by atoms with Gasteiger partial charge < -0.3 is 9.84 Å². The first-order chi connectivity index (χ1) is 12.9. The molecule has 0 aromatic heterocycles. The average molecular weight is 383 g/mol. The number of nitrogens with zero attached hydrogens (tertiary/aromatic N) is 1. The maximum atomic E-state index is 12.1. The number of hydrogen-bond donors (Lipinski definition) is 1. The normalized spacial score (nSPS) is 15.4. The van der Waals surface area contributed by atoms with Crippen molar-refractivity contribution < 1.29 is 24.2 Å². The molecular formula is C20H17NO5S. The molecule has 1 heterocycles. The summed E-state index contributed by atoms with van der Waals surface area (Å²) in [6.45, 7) is 1.85. The maximum Gasteiger partial charge on any atom is 0.323 e. The summed E-state index contributed by atoms with van der Waals surface area (Å²) in [4.78, 5) is 35.6. The molecule has 2 aromatic carbocycles. The van der Waals surface area contributed by atoms with Gasteiger partial charge in [-0.3, -0.25) is 19.3 Å². The van der Waals surface area contributed by atoms with Crippen LogP contribution >= 0.6 is 11.8 Å². The molecule has 0 radical (unpaired) electrons. The van der Waals surface area contributed by atoms with E-state index < -0.39 is 23.7 Å². The fraction of sp³-hybridized carbons (Fsp3) is 0.150. The average Bonchev–Trinajstić information content (AvgIpc) is 2.89. The number of carbonyl (C=O) groups excluding carboxylic acids is 2. The summed E-state index contributed by atoms with van der Waals surface area (Å²) >= 11 is 0.735. The van der Waals surface area contributed by atoms with Gasteiger partial charge in [0.05, 0.1) is 4.91 Å². The van der Waals surface area contributed by atoms with E-state index in [1.165, 1.54) is 5.56 Å². The Hall–Kier alpha value is -3.06. The summed E-state index contributed by atoms with van der Waals surface area (Å²) in [5.74, 6) is -1.13. The van der Waals surface area contributed by atoms with E-state index in [0.29, 0.717) is 12.4 Å². The number of benzene rings is 2. The van der Waals surface area contributed by atoms with E-state index in [1.54, 1.807) is 30.3 Å². The number of carboxylic acids is 1. The fourth-order valence-corrected chi connectivity index (χ4v) is 3.27. The monoisotopic (exact) mass is 383 g/mol. The summed E-state index contributed by atoms with van der Waals surface area (Å²) in [6, 6.07) is 15.2. The van der Waals surface area contributed by atoms with Gasteiger partial charge in [0, 0.05) is 0 Å². The van der Waals surface area contributed by atoms with E-state index in [9.17, 15) is 14.4 Å². The van der Waals surface area contributed by atoms with Crippen LogP contribution in [0.4, 0.5) is 4.79 Å². The zero-order valence-electron chi connectivity index (χ0n) is 14.5. The summed E-state index contributed by atoms with van der Waals surface area (Å²) in [5.41, 5.74) is 2.98. The SMILES string of the molecule is Cc1ccc(COc2ccc(/C=C3\SC(=O)N(CC(=O)O)C3=O)cc2)cc1. The van der Waals surface area contributed by atoms with Crippen molar-refractivity contribution in [1.29, 1.82) is 0 Å². The highest BCUT2D eigenvalue weighted by Gasteiger charge is 2.36. The van der Waals surface area contributed by atoms with Crippen LogP contribution in [0, 0.1) is 6.92 Å². The molecule has 0 bridgehead atoms. The molecule has 1 fully saturated rings. The fourth-order valence-electron chi connectivity index (χ4n) is 2.43. The second-order valence-electron chi connectivity index (χ2n) is 6.00. The molecule has 1 N–H and O–H groups in total. The van der Waals surface area contributed by atoms with E-state index in [2.05, 4.69) is 0 Å². The van der Waals surface area contributed by atoms with Gasteiger partial charge in [0.25, 0.3) is 11.1 Å². The van der Waals surface area contributed by atoms with Crippen molar-refractivity contribution in [2.45, 2.75) is 13.5 Å². The Bertz CT molecular complexity index is 903. The lowest BCUT2D eigenvalue weighted by molar-refractivity contribution is -0.140. The molecule has 2 aromatic rings. The van der Waals surface area contributed by atoms with Crippen LogP contribution in [0.2, 0.25) is 0 Å². The van der Waals surface area contributed by atoms with E-state index in [0.717, 1.165) is 27.8 Å². The molecular weight excluding hydrogens is 366 g/mol. The van der Waals surface area contributed by atoms with Gasteiger partial charge in [-0.1, -0.05) is 42.0 Å². The lowest BCUT2D eigenvalue weighted by Crippen LogP contribution is -2.33. The standard InChI is InChI=1S/C20H17NO5S/c1-13-2-4-15(5-3-13)12-26-16-8-6-14(7-9-16)10-17-19(24)21(11-18(22)23)20(25)27-17/h2-10H,11-12H2,1H3,(H,22,23)/b17-10-. The number of hydrogen-bond acceptors (Lipinski definition) is 5. The number of aryl methyl sites for hydroxylation is 1. The van der Waals surface area contributed by atoms with Crippen LogP contribution in [-0.4, -0.2) is 33.7 Å². The number of thioether (sulfide) groups is 1. The molecule has 3 rings (SSSR count). The van der Waals surface area contributed by atoms with Gasteiger partial charge in [-0.25, -0.2) is 0 Å². The number of ether oxygens (including phenoxy) is 1. The van der Waals surface area contributed by atoms with Crippen LogP contribution in [0.15, 0.2) is 53.4 Å². The maximum absolute atomic E-state index is 12.1. The summed E-state index contributed by atoms with van der Waals surface area (Å²) in [6.07, 6.45) is 1.57. The van der Waals surface area contributed by atoms with E-state index in [4.69, 9.17) is 9.84 Å². The van der Waals surface area contributed by atoms with Crippen molar-refractivity contribution in [2.75, 3.05) is 6.54 Å². The van der Waals surface area contributed by atoms with Crippen LogP contribution in [0.5, 0.6) is 5.75 Å². The number of imide groups is 1. The smallest absolute Gasteiger partial charge is 0.323 e. The van der Waals surface area contributed by atoms with Crippen molar-refractivity contribution in [2.24, 2.45) is 0 Å². The highest BCUT2D eigenvalue weighted by atomic mass is 32.2.